The third kappa shape index (κ3) is 5.14. The van der Waals surface area contributed by atoms with E-state index in [1.165, 1.54) is 12.3 Å². The van der Waals surface area contributed by atoms with Gasteiger partial charge in [-0.25, -0.2) is 13.6 Å². The molecule has 0 saturated carbocycles. The molecule has 0 atom stereocenters. The van der Waals surface area contributed by atoms with Crippen LogP contribution in [0.3, 0.4) is 0 Å². The number of nitrogens with two attached hydrogens (primary N) is 1. The number of aromatic nitrogens is 2. The number of aryl methyl sites for hydroxylation is 1. The van der Waals surface area contributed by atoms with Gasteiger partial charge in [0.1, 0.15) is 0 Å². The second kappa shape index (κ2) is 8.52. The van der Waals surface area contributed by atoms with Crippen LogP contribution in [0.2, 0.25) is 5.02 Å². The monoisotopic (exact) mass is 434 g/mol. The minimum Gasteiger partial charge on any atom is -0.326 e. The summed E-state index contributed by atoms with van der Waals surface area (Å²) in [6, 6.07) is 10.1. The van der Waals surface area contributed by atoms with Crippen molar-refractivity contribution in [2.75, 3.05) is 5.32 Å². The highest BCUT2D eigenvalue weighted by Crippen LogP contribution is 2.28. The summed E-state index contributed by atoms with van der Waals surface area (Å²) in [5.41, 5.74) is 1.62. The Kier molecular flexibility index (Phi) is 6.26. The van der Waals surface area contributed by atoms with Crippen LogP contribution in [0.5, 0.6) is 0 Å². The van der Waals surface area contributed by atoms with Gasteiger partial charge in [-0.1, -0.05) is 43.6 Å². The molecule has 0 aliphatic heterocycles. The summed E-state index contributed by atoms with van der Waals surface area (Å²) in [5, 5.41) is 13.4. The van der Waals surface area contributed by atoms with Crippen LogP contribution in [0.4, 0.5) is 5.69 Å². The van der Waals surface area contributed by atoms with E-state index in [2.05, 4.69) is 24.3 Å². The Labute approximate surface area is 174 Å². The van der Waals surface area contributed by atoms with Crippen LogP contribution in [-0.2, 0) is 27.8 Å². The SMILES string of the molecule is CC(C)CCn1ncc2c(S(N)(=O)=O)cc(NC(=O)Cc3ccccc3Cl)cc21. The lowest BCUT2D eigenvalue weighted by molar-refractivity contribution is -0.115. The van der Waals surface area contributed by atoms with Crippen molar-refractivity contribution in [3.8, 4) is 0 Å². The number of sulfonamides is 1. The van der Waals surface area contributed by atoms with Crippen molar-refractivity contribution in [3.05, 3.63) is 53.2 Å². The molecule has 29 heavy (non-hydrogen) atoms. The molecule has 9 heteroatoms. The van der Waals surface area contributed by atoms with E-state index < -0.39 is 10.0 Å². The average molecular weight is 435 g/mol. The van der Waals surface area contributed by atoms with Gasteiger partial charge in [0, 0.05) is 22.6 Å². The lowest BCUT2D eigenvalue weighted by atomic mass is 10.1. The van der Waals surface area contributed by atoms with Gasteiger partial charge in [0.2, 0.25) is 15.9 Å². The number of rotatable bonds is 7. The zero-order valence-electron chi connectivity index (χ0n) is 16.2. The van der Waals surface area contributed by atoms with E-state index in [4.69, 9.17) is 16.7 Å². The normalized spacial score (nSPS) is 11.9. The Hall–Kier alpha value is -2.42. The number of nitrogens with zero attached hydrogens (tertiary/aromatic N) is 2. The highest BCUT2D eigenvalue weighted by molar-refractivity contribution is 7.89. The molecule has 3 aromatic rings. The summed E-state index contributed by atoms with van der Waals surface area (Å²) in [4.78, 5) is 12.4. The Morgan fingerprint density at radius 2 is 2.00 bits per heavy atom. The smallest absolute Gasteiger partial charge is 0.238 e. The van der Waals surface area contributed by atoms with Crippen molar-refractivity contribution in [1.82, 2.24) is 9.78 Å². The first-order chi connectivity index (χ1) is 13.6. The summed E-state index contributed by atoms with van der Waals surface area (Å²) in [6.45, 7) is 4.83. The fourth-order valence-corrected chi connectivity index (χ4v) is 3.99. The fraction of sp³-hybridized carbons (Fsp3) is 0.300. The number of hydrogen-bond acceptors (Lipinski definition) is 4. The molecule has 2 aromatic carbocycles. The van der Waals surface area contributed by atoms with Gasteiger partial charge in [-0.3, -0.25) is 9.48 Å². The average Bonchev–Trinajstić information content (AvgIpc) is 3.03. The van der Waals surface area contributed by atoms with E-state index >= 15 is 0 Å². The van der Waals surface area contributed by atoms with E-state index in [1.807, 2.05) is 0 Å². The van der Waals surface area contributed by atoms with Gasteiger partial charge in [0.15, 0.2) is 0 Å². The summed E-state index contributed by atoms with van der Waals surface area (Å²) in [7, 11) is -4.00. The molecule has 3 rings (SSSR count). The van der Waals surface area contributed by atoms with E-state index in [9.17, 15) is 13.2 Å². The van der Waals surface area contributed by atoms with Crippen LogP contribution in [0.1, 0.15) is 25.8 Å². The second-order valence-corrected chi connectivity index (χ2v) is 9.26. The standard InChI is InChI=1S/C20H23ClN4O3S/c1-13(2)7-8-25-18-10-15(11-19(29(22,27)28)16(18)12-23-25)24-20(26)9-14-5-3-4-6-17(14)21/h3-6,10-13H,7-9H2,1-2H3,(H,24,26)(H2,22,27,28). The number of benzene rings is 2. The molecule has 0 spiro atoms. The first kappa shape index (κ1) is 21.3. The largest absolute Gasteiger partial charge is 0.326 e. The number of carbonyl (C=O) groups is 1. The van der Waals surface area contributed by atoms with Crippen LogP contribution < -0.4 is 10.5 Å². The molecule has 0 saturated heterocycles. The summed E-state index contributed by atoms with van der Waals surface area (Å²) in [5.74, 6) is 0.150. The minimum atomic E-state index is -4.00. The maximum atomic E-state index is 12.5. The van der Waals surface area contributed by atoms with Gasteiger partial charge in [0.05, 0.1) is 23.0 Å². The summed E-state index contributed by atoms with van der Waals surface area (Å²) < 4.78 is 25.9. The number of hydrogen-bond donors (Lipinski definition) is 2. The van der Waals surface area contributed by atoms with Crippen molar-refractivity contribution >= 4 is 44.1 Å². The van der Waals surface area contributed by atoms with Gasteiger partial charge in [-0.2, -0.15) is 5.10 Å². The fourth-order valence-electron chi connectivity index (χ4n) is 3.03. The molecular weight excluding hydrogens is 412 g/mol. The van der Waals surface area contributed by atoms with E-state index in [1.54, 1.807) is 35.0 Å². The topological polar surface area (TPSA) is 107 Å². The van der Waals surface area contributed by atoms with Crippen molar-refractivity contribution in [2.45, 2.75) is 38.1 Å². The quantitative estimate of drug-likeness (QED) is 0.592. The number of amides is 1. The van der Waals surface area contributed by atoms with Gasteiger partial charge < -0.3 is 5.32 Å². The Bertz CT molecular complexity index is 1160. The van der Waals surface area contributed by atoms with Crippen molar-refractivity contribution in [1.29, 1.82) is 0 Å². The van der Waals surface area contributed by atoms with Gasteiger partial charge in [0.25, 0.3) is 0 Å². The molecule has 1 amide bonds. The number of halogens is 1. The molecule has 0 bridgehead atoms. The van der Waals surface area contributed by atoms with E-state index in [-0.39, 0.29) is 17.2 Å². The lowest BCUT2D eigenvalue weighted by Crippen LogP contribution is -2.17. The minimum absolute atomic E-state index is 0.0645. The number of primary sulfonamides is 1. The highest BCUT2D eigenvalue weighted by Gasteiger charge is 2.19. The molecule has 0 unspecified atom stereocenters. The molecule has 1 aromatic heterocycles. The maximum Gasteiger partial charge on any atom is 0.238 e. The van der Waals surface area contributed by atoms with Crippen LogP contribution in [-0.4, -0.2) is 24.1 Å². The predicted octanol–water partition coefficient (Wildman–Crippen LogP) is 3.56. The Morgan fingerprint density at radius 3 is 2.66 bits per heavy atom. The third-order valence-corrected chi connectivity index (χ3v) is 5.86. The van der Waals surface area contributed by atoms with Crippen LogP contribution in [0.15, 0.2) is 47.5 Å². The number of nitrogens with one attached hydrogen (secondary N) is 1. The predicted molar refractivity (Wildman–Crippen MR) is 114 cm³/mol. The Balaban J connectivity index is 1.95. The third-order valence-electron chi connectivity index (χ3n) is 4.54. The van der Waals surface area contributed by atoms with Crippen molar-refractivity contribution in [3.63, 3.8) is 0 Å². The highest BCUT2D eigenvalue weighted by atomic mass is 35.5. The second-order valence-electron chi connectivity index (χ2n) is 7.32. The maximum absolute atomic E-state index is 12.5. The zero-order chi connectivity index (χ0) is 21.2. The van der Waals surface area contributed by atoms with E-state index in [0.717, 1.165) is 6.42 Å². The first-order valence-electron chi connectivity index (χ1n) is 9.21. The lowest BCUT2D eigenvalue weighted by Gasteiger charge is -2.11. The molecular formula is C20H23ClN4O3S. The van der Waals surface area contributed by atoms with Crippen LogP contribution in [0.25, 0.3) is 10.9 Å². The van der Waals surface area contributed by atoms with E-state index in [0.29, 0.717) is 39.6 Å². The number of fused-ring (bicyclic) bond motifs is 1. The molecule has 0 radical (unpaired) electrons. The van der Waals surface area contributed by atoms with Crippen LogP contribution >= 0.6 is 11.6 Å². The zero-order valence-corrected chi connectivity index (χ0v) is 17.8. The Morgan fingerprint density at radius 1 is 1.28 bits per heavy atom. The molecule has 7 nitrogen and oxygen atoms in total. The van der Waals surface area contributed by atoms with Crippen molar-refractivity contribution in [2.24, 2.45) is 11.1 Å². The molecule has 1 heterocycles. The van der Waals surface area contributed by atoms with Gasteiger partial charge in [-0.05, 0) is 36.1 Å². The molecule has 154 valence electrons. The van der Waals surface area contributed by atoms with Gasteiger partial charge >= 0.3 is 0 Å². The van der Waals surface area contributed by atoms with Gasteiger partial charge in [-0.15, -0.1) is 0 Å². The number of carbonyl (C=O) groups excluding carboxylic acids is 1. The van der Waals surface area contributed by atoms with Crippen molar-refractivity contribution < 1.29 is 13.2 Å². The number of anilines is 1. The first-order valence-corrected chi connectivity index (χ1v) is 11.1. The molecule has 0 aliphatic carbocycles. The van der Waals surface area contributed by atoms with Crippen LogP contribution in [0, 0.1) is 5.92 Å². The molecule has 0 aliphatic rings. The summed E-state index contributed by atoms with van der Waals surface area (Å²) in [6.07, 6.45) is 2.43. The molecule has 3 N–H and O–H groups in total. The molecule has 0 fully saturated rings. The summed E-state index contributed by atoms with van der Waals surface area (Å²) >= 11 is 6.11.